The van der Waals surface area contributed by atoms with E-state index in [1.165, 1.54) is 19.0 Å². The van der Waals surface area contributed by atoms with Gasteiger partial charge in [0.2, 0.25) is 5.91 Å². The lowest BCUT2D eigenvalue weighted by molar-refractivity contribution is -0.133. The Morgan fingerprint density at radius 2 is 2.12 bits per heavy atom. The zero-order valence-corrected chi connectivity index (χ0v) is 14.2. The van der Waals surface area contributed by atoms with Crippen molar-refractivity contribution in [3.8, 4) is 0 Å². The largest absolute Gasteiger partial charge is 0.337 e. The number of rotatable bonds is 4. The molecule has 2 fully saturated rings. The molecule has 1 saturated heterocycles. The van der Waals surface area contributed by atoms with E-state index in [0.717, 1.165) is 12.7 Å². The van der Waals surface area contributed by atoms with Gasteiger partial charge in [0, 0.05) is 32.3 Å². The van der Waals surface area contributed by atoms with Gasteiger partial charge >= 0.3 is 0 Å². The standard InChI is InChI=1S/C17H24N4O3/c1-11(2)14-10-20(17(24)13-7-19-15(22)8-18-13)6-5-16(23)21(14)9-12-3-4-12/h7-8,11-12,14H,3-6,9-10H2,1-2H3,(H,19,22)/t14-/m1/s1. The van der Waals surface area contributed by atoms with Gasteiger partial charge in [-0.3, -0.25) is 14.4 Å². The van der Waals surface area contributed by atoms with Gasteiger partial charge in [-0.25, -0.2) is 4.98 Å². The number of hydrogen-bond acceptors (Lipinski definition) is 4. The number of aromatic nitrogens is 2. The van der Waals surface area contributed by atoms with Crippen molar-refractivity contribution in [1.29, 1.82) is 0 Å². The fourth-order valence-electron chi connectivity index (χ4n) is 3.17. The number of carbonyl (C=O) groups is 2. The molecule has 1 aromatic heterocycles. The number of aromatic amines is 1. The van der Waals surface area contributed by atoms with Crippen molar-refractivity contribution in [3.05, 3.63) is 28.4 Å². The first-order valence-corrected chi connectivity index (χ1v) is 8.59. The minimum absolute atomic E-state index is 0.0207. The van der Waals surface area contributed by atoms with E-state index >= 15 is 0 Å². The van der Waals surface area contributed by atoms with Crippen LogP contribution in [0.4, 0.5) is 0 Å². The zero-order valence-electron chi connectivity index (χ0n) is 14.2. The molecule has 2 amide bonds. The molecular weight excluding hydrogens is 308 g/mol. The summed E-state index contributed by atoms with van der Waals surface area (Å²) in [5, 5.41) is 0. The molecule has 2 heterocycles. The third kappa shape index (κ3) is 3.66. The minimum Gasteiger partial charge on any atom is -0.337 e. The molecule has 0 aromatic carbocycles. The first-order valence-electron chi connectivity index (χ1n) is 8.59. The van der Waals surface area contributed by atoms with Gasteiger partial charge < -0.3 is 14.8 Å². The minimum atomic E-state index is -0.340. The Morgan fingerprint density at radius 1 is 1.38 bits per heavy atom. The fourth-order valence-corrected chi connectivity index (χ4v) is 3.17. The third-order valence-corrected chi connectivity index (χ3v) is 4.82. The number of H-pyrrole nitrogens is 1. The smallest absolute Gasteiger partial charge is 0.274 e. The summed E-state index contributed by atoms with van der Waals surface area (Å²) in [6.07, 6.45) is 5.17. The molecule has 0 radical (unpaired) electrons. The van der Waals surface area contributed by atoms with Crippen molar-refractivity contribution < 1.29 is 9.59 Å². The van der Waals surface area contributed by atoms with Crippen molar-refractivity contribution in [3.63, 3.8) is 0 Å². The number of nitrogens with one attached hydrogen (secondary N) is 1. The molecule has 130 valence electrons. The topological polar surface area (TPSA) is 86.4 Å². The molecule has 1 N–H and O–H groups in total. The van der Waals surface area contributed by atoms with Crippen LogP contribution in [-0.2, 0) is 4.79 Å². The van der Waals surface area contributed by atoms with Crippen LogP contribution < -0.4 is 5.56 Å². The second kappa shape index (κ2) is 6.75. The summed E-state index contributed by atoms with van der Waals surface area (Å²) < 4.78 is 0. The van der Waals surface area contributed by atoms with Crippen LogP contribution in [-0.4, -0.2) is 57.3 Å². The molecule has 1 atom stereocenters. The maximum atomic E-state index is 12.7. The molecule has 1 aliphatic carbocycles. The average molecular weight is 332 g/mol. The van der Waals surface area contributed by atoms with Gasteiger partial charge in [0.25, 0.3) is 11.5 Å². The predicted molar refractivity (Wildman–Crippen MR) is 88.4 cm³/mol. The Bertz CT molecular complexity index is 660. The van der Waals surface area contributed by atoms with Crippen molar-refractivity contribution in [2.45, 2.75) is 39.2 Å². The Balaban J connectivity index is 1.79. The molecule has 0 unspecified atom stereocenters. The van der Waals surface area contributed by atoms with E-state index in [2.05, 4.69) is 23.8 Å². The van der Waals surface area contributed by atoms with Crippen LogP contribution in [0.2, 0.25) is 0 Å². The van der Waals surface area contributed by atoms with Gasteiger partial charge in [0.1, 0.15) is 5.69 Å². The summed E-state index contributed by atoms with van der Waals surface area (Å²) in [6, 6.07) is 0.0207. The number of hydrogen-bond donors (Lipinski definition) is 1. The Kier molecular flexibility index (Phi) is 4.69. The first-order chi connectivity index (χ1) is 11.5. The monoisotopic (exact) mass is 332 g/mol. The molecule has 2 aliphatic rings. The van der Waals surface area contributed by atoms with Crippen molar-refractivity contribution in [2.24, 2.45) is 11.8 Å². The number of carbonyl (C=O) groups excluding carboxylic acids is 2. The molecule has 7 heteroatoms. The maximum absolute atomic E-state index is 12.7. The highest BCUT2D eigenvalue weighted by molar-refractivity contribution is 5.92. The van der Waals surface area contributed by atoms with E-state index in [0.29, 0.717) is 25.4 Å². The highest BCUT2D eigenvalue weighted by Gasteiger charge is 2.36. The molecule has 1 saturated carbocycles. The third-order valence-electron chi connectivity index (χ3n) is 4.82. The van der Waals surface area contributed by atoms with Gasteiger partial charge in [0.05, 0.1) is 12.2 Å². The normalized spacial score (nSPS) is 22.0. The highest BCUT2D eigenvalue weighted by Crippen LogP contribution is 2.32. The summed E-state index contributed by atoms with van der Waals surface area (Å²) >= 11 is 0. The van der Waals surface area contributed by atoms with Crippen molar-refractivity contribution in [2.75, 3.05) is 19.6 Å². The SMILES string of the molecule is CC(C)[C@H]1CN(C(=O)c2c[nH]c(=O)cn2)CCC(=O)N1CC1CC1. The van der Waals surface area contributed by atoms with Gasteiger partial charge in [-0.15, -0.1) is 0 Å². The molecular formula is C17H24N4O3. The van der Waals surface area contributed by atoms with E-state index in [-0.39, 0.29) is 35.0 Å². The van der Waals surface area contributed by atoms with Gasteiger partial charge in [-0.05, 0) is 24.7 Å². The quantitative estimate of drug-likeness (QED) is 0.887. The van der Waals surface area contributed by atoms with Crippen LogP contribution in [0.3, 0.4) is 0 Å². The molecule has 0 bridgehead atoms. The Morgan fingerprint density at radius 3 is 2.71 bits per heavy atom. The Labute approximate surface area is 141 Å². The summed E-state index contributed by atoms with van der Waals surface area (Å²) in [5.41, 5.74) is -0.131. The van der Waals surface area contributed by atoms with E-state index in [1.807, 2.05) is 4.90 Å². The summed E-state index contributed by atoms with van der Waals surface area (Å²) in [5.74, 6) is 0.784. The maximum Gasteiger partial charge on any atom is 0.274 e. The number of nitrogens with zero attached hydrogens (tertiary/aromatic N) is 3. The second-order valence-electron chi connectivity index (χ2n) is 7.10. The van der Waals surface area contributed by atoms with E-state index < -0.39 is 0 Å². The molecule has 0 spiro atoms. The van der Waals surface area contributed by atoms with Crippen LogP contribution in [0.5, 0.6) is 0 Å². The van der Waals surface area contributed by atoms with Crippen molar-refractivity contribution >= 4 is 11.8 Å². The van der Waals surface area contributed by atoms with Crippen LogP contribution >= 0.6 is 0 Å². The molecule has 1 aliphatic heterocycles. The average Bonchev–Trinajstić information content (AvgIpc) is 3.37. The molecule has 1 aromatic rings. The lowest BCUT2D eigenvalue weighted by Gasteiger charge is -2.34. The van der Waals surface area contributed by atoms with Crippen LogP contribution in [0.1, 0.15) is 43.6 Å². The lowest BCUT2D eigenvalue weighted by atomic mass is 10.0. The fraction of sp³-hybridized carbons (Fsp3) is 0.647. The Hall–Kier alpha value is -2.18. The van der Waals surface area contributed by atoms with Crippen LogP contribution in [0.25, 0.3) is 0 Å². The molecule has 24 heavy (non-hydrogen) atoms. The van der Waals surface area contributed by atoms with Gasteiger partial charge in [-0.1, -0.05) is 13.8 Å². The van der Waals surface area contributed by atoms with E-state index in [9.17, 15) is 14.4 Å². The highest BCUT2D eigenvalue weighted by atomic mass is 16.2. The first kappa shape index (κ1) is 16.7. The summed E-state index contributed by atoms with van der Waals surface area (Å²) in [6.45, 7) is 5.88. The van der Waals surface area contributed by atoms with Gasteiger partial charge in [-0.2, -0.15) is 0 Å². The van der Waals surface area contributed by atoms with Crippen LogP contribution in [0, 0.1) is 11.8 Å². The van der Waals surface area contributed by atoms with E-state index in [1.54, 1.807) is 4.90 Å². The number of amides is 2. The van der Waals surface area contributed by atoms with E-state index in [4.69, 9.17) is 0 Å². The lowest BCUT2D eigenvalue weighted by Crippen LogP contribution is -2.48. The second-order valence-corrected chi connectivity index (χ2v) is 7.10. The molecule has 3 rings (SSSR count). The predicted octanol–water partition coefficient (Wildman–Crippen LogP) is 0.879. The molecule has 7 nitrogen and oxygen atoms in total. The van der Waals surface area contributed by atoms with Crippen LogP contribution in [0.15, 0.2) is 17.2 Å². The van der Waals surface area contributed by atoms with Crippen molar-refractivity contribution in [1.82, 2.24) is 19.8 Å². The van der Waals surface area contributed by atoms with Gasteiger partial charge in [0.15, 0.2) is 0 Å². The summed E-state index contributed by atoms with van der Waals surface area (Å²) in [7, 11) is 0. The summed E-state index contributed by atoms with van der Waals surface area (Å²) in [4.78, 5) is 46.4. The zero-order chi connectivity index (χ0) is 17.3.